The third kappa shape index (κ3) is 4.85. The van der Waals surface area contributed by atoms with Crippen LogP contribution in [0.4, 0.5) is 11.5 Å². The summed E-state index contributed by atoms with van der Waals surface area (Å²) in [4.78, 5) is 16.4. The number of anilines is 2. The zero-order valence-corrected chi connectivity index (χ0v) is 17.2. The summed E-state index contributed by atoms with van der Waals surface area (Å²) in [5, 5.41) is 2.61. The maximum Gasteiger partial charge on any atom is 0.263 e. The zero-order valence-electron chi connectivity index (χ0n) is 15.6. The molecule has 9 heteroatoms. The van der Waals surface area contributed by atoms with Gasteiger partial charge < -0.3 is 10.1 Å². The first-order valence-corrected chi connectivity index (χ1v) is 10.4. The van der Waals surface area contributed by atoms with Crippen LogP contribution in [-0.2, 0) is 10.0 Å². The molecule has 0 atom stereocenters. The highest BCUT2D eigenvalue weighted by atomic mass is 35.5. The molecular weight excluding hydrogens is 414 g/mol. The summed E-state index contributed by atoms with van der Waals surface area (Å²) in [6.45, 7) is 1.88. The number of hydrogen-bond acceptors (Lipinski definition) is 5. The van der Waals surface area contributed by atoms with Gasteiger partial charge in [-0.2, -0.15) is 0 Å². The number of ether oxygens (including phenoxy) is 1. The van der Waals surface area contributed by atoms with Crippen molar-refractivity contribution >= 4 is 39.0 Å². The van der Waals surface area contributed by atoms with Crippen LogP contribution in [0, 0.1) is 6.92 Å². The number of hydrogen-bond donors (Lipinski definition) is 2. The van der Waals surface area contributed by atoms with Gasteiger partial charge in [0, 0.05) is 11.8 Å². The second kappa shape index (κ2) is 8.50. The number of sulfonamides is 1. The molecule has 0 aliphatic rings. The maximum atomic E-state index is 12.9. The fourth-order valence-electron chi connectivity index (χ4n) is 2.51. The van der Waals surface area contributed by atoms with E-state index in [0.29, 0.717) is 11.6 Å². The molecule has 1 heterocycles. The smallest absolute Gasteiger partial charge is 0.263 e. The third-order valence-corrected chi connectivity index (χ3v) is 5.83. The molecule has 0 unspecified atom stereocenters. The van der Waals surface area contributed by atoms with Crippen molar-refractivity contribution in [3.8, 4) is 5.75 Å². The molecule has 0 fully saturated rings. The normalized spacial score (nSPS) is 11.0. The van der Waals surface area contributed by atoms with Crippen molar-refractivity contribution in [1.29, 1.82) is 0 Å². The van der Waals surface area contributed by atoms with E-state index < -0.39 is 15.9 Å². The van der Waals surface area contributed by atoms with Gasteiger partial charge in [0.1, 0.15) is 16.5 Å². The monoisotopic (exact) mass is 431 g/mol. The van der Waals surface area contributed by atoms with Gasteiger partial charge in [-0.05, 0) is 48.9 Å². The number of amides is 1. The highest BCUT2D eigenvalue weighted by molar-refractivity contribution is 7.92. The Hall–Kier alpha value is -3.10. The van der Waals surface area contributed by atoms with Crippen LogP contribution in [0.2, 0.25) is 5.02 Å². The minimum atomic E-state index is -4.07. The number of halogens is 1. The number of carbonyl (C=O) groups is 1. The van der Waals surface area contributed by atoms with Crippen molar-refractivity contribution in [2.45, 2.75) is 11.8 Å². The molecule has 29 heavy (non-hydrogen) atoms. The lowest BCUT2D eigenvalue weighted by Crippen LogP contribution is -2.17. The van der Waals surface area contributed by atoms with Gasteiger partial charge in [-0.25, -0.2) is 13.4 Å². The molecule has 1 amide bonds. The van der Waals surface area contributed by atoms with Crippen LogP contribution in [-0.4, -0.2) is 26.4 Å². The van der Waals surface area contributed by atoms with E-state index in [9.17, 15) is 13.2 Å². The molecule has 2 aromatic carbocycles. The van der Waals surface area contributed by atoms with Gasteiger partial charge in [0.25, 0.3) is 15.9 Å². The Morgan fingerprint density at radius 2 is 1.86 bits per heavy atom. The highest BCUT2D eigenvalue weighted by Crippen LogP contribution is 2.29. The first-order chi connectivity index (χ1) is 13.8. The summed E-state index contributed by atoms with van der Waals surface area (Å²) >= 11 is 6.11. The van der Waals surface area contributed by atoms with E-state index in [1.807, 2.05) is 6.92 Å². The standard InChI is InChI=1S/C20H18ClN3O4S/c1-13-7-10-19(22-12-13)23-20(25)14-8-9-15(21)18(11-14)29(26,27)24-16-5-3-4-6-17(16)28-2/h3-12,24H,1-2H3,(H,22,23,25). The molecule has 0 saturated carbocycles. The van der Waals surface area contributed by atoms with Crippen molar-refractivity contribution in [3.05, 3.63) is 76.9 Å². The predicted molar refractivity (Wildman–Crippen MR) is 112 cm³/mol. The van der Waals surface area contributed by atoms with Crippen molar-refractivity contribution in [2.24, 2.45) is 0 Å². The molecule has 0 saturated heterocycles. The van der Waals surface area contributed by atoms with E-state index in [0.717, 1.165) is 5.56 Å². The summed E-state index contributed by atoms with van der Waals surface area (Å²) in [6, 6.07) is 14.0. The molecule has 150 valence electrons. The summed E-state index contributed by atoms with van der Waals surface area (Å²) in [5.74, 6) is 0.199. The first-order valence-electron chi connectivity index (χ1n) is 8.49. The Balaban J connectivity index is 1.89. The predicted octanol–water partition coefficient (Wildman–Crippen LogP) is 4.11. The Morgan fingerprint density at radius 1 is 1.10 bits per heavy atom. The molecule has 0 aliphatic heterocycles. The number of aryl methyl sites for hydroxylation is 1. The van der Waals surface area contributed by atoms with E-state index >= 15 is 0 Å². The maximum absolute atomic E-state index is 12.9. The summed E-state index contributed by atoms with van der Waals surface area (Å²) < 4.78 is 33.3. The van der Waals surface area contributed by atoms with Crippen LogP contribution in [0.3, 0.4) is 0 Å². The lowest BCUT2D eigenvalue weighted by Gasteiger charge is -2.13. The number of nitrogens with zero attached hydrogens (tertiary/aromatic N) is 1. The Labute approximate surface area is 173 Å². The fourth-order valence-corrected chi connectivity index (χ4v) is 4.11. The van der Waals surface area contributed by atoms with Crippen LogP contribution in [0.1, 0.15) is 15.9 Å². The summed E-state index contributed by atoms with van der Waals surface area (Å²) in [7, 11) is -2.63. The number of rotatable bonds is 6. The molecule has 3 aromatic rings. The Morgan fingerprint density at radius 3 is 2.55 bits per heavy atom. The molecular formula is C20H18ClN3O4S. The first kappa shape index (κ1) is 20.6. The van der Waals surface area contributed by atoms with Gasteiger partial charge in [0.15, 0.2) is 0 Å². The van der Waals surface area contributed by atoms with Crippen LogP contribution in [0.15, 0.2) is 65.7 Å². The van der Waals surface area contributed by atoms with Gasteiger partial charge in [0.05, 0.1) is 17.8 Å². The number of para-hydroxylation sites is 2. The Bertz CT molecular complexity index is 1150. The van der Waals surface area contributed by atoms with E-state index in [1.54, 1.807) is 42.6 Å². The van der Waals surface area contributed by atoms with Gasteiger partial charge in [-0.3, -0.25) is 9.52 Å². The van der Waals surface area contributed by atoms with Crippen LogP contribution in [0.25, 0.3) is 0 Å². The molecule has 1 aromatic heterocycles. The lowest BCUT2D eigenvalue weighted by molar-refractivity contribution is 0.102. The third-order valence-electron chi connectivity index (χ3n) is 3.99. The molecule has 3 rings (SSSR count). The fraction of sp³-hybridized carbons (Fsp3) is 0.100. The van der Waals surface area contributed by atoms with Crippen LogP contribution >= 0.6 is 11.6 Å². The average Bonchev–Trinajstić information content (AvgIpc) is 2.70. The number of nitrogens with one attached hydrogen (secondary N) is 2. The largest absolute Gasteiger partial charge is 0.495 e. The van der Waals surface area contributed by atoms with Gasteiger partial charge in [-0.15, -0.1) is 0 Å². The number of aromatic nitrogens is 1. The number of carbonyl (C=O) groups excluding carboxylic acids is 1. The number of benzene rings is 2. The summed E-state index contributed by atoms with van der Waals surface area (Å²) in [6.07, 6.45) is 1.62. The molecule has 2 N–H and O–H groups in total. The van der Waals surface area contributed by atoms with E-state index in [1.165, 1.54) is 25.3 Å². The quantitative estimate of drug-likeness (QED) is 0.612. The van der Waals surface area contributed by atoms with Crippen molar-refractivity contribution in [1.82, 2.24) is 4.98 Å². The van der Waals surface area contributed by atoms with Gasteiger partial charge >= 0.3 is 0 Å². The highest BCUT2D eigenvalue weighted by Gasteiger charge is 2.22. The minimum absolute atomic E-state index is 0.0163. The second-order valence-electron chi connectivity index (χ2n) is 6.13. The van der Waals surface area contributed by atoms with Crippen LogP contribution in [0.5, 0.6) is 5.75 Å². The topological polar surface area (TPSA) is 97.4 Å². The summed E-state index contributed by atoms with van der Waals surface area (Å²) in [5.41, 5.74) is 1.33. The van der Waals surface area contributed by atoms with E-state index in [-0.39, 0.29) is 21.2 Å². The molecule has 0 aliphatic carbocycles. The molecule has 7 nitrogen and oxygen atoms in total. The van der Waals surface area contributed by atoms with Gasteiger partial charge in [0.2, 0.25) is 0 Å². The molecule has 0 bridgehead atoms. The lowest BCUT2D eigenvalue weighted by atomic mass is 10.2. The van der Waals surface area contributed by atoms with Crippen molar-refractivity contribution < 1.29 is 17.9 Å². The van der Waals surface area contributed by atoms with E-state index in [2.05, 4.69) is 15.0 Å². The van der Waals surface area contributed by atoms with Crippen molar-refractivity contribution in [3.63, 3.8) is 0 Å². The number of pyridine rings is 1. The minimum Gasteiger partial charge on any atom is -0.495 e. The molecule has 0 radical (unpaired) electrons. The zero-order chi connectivity index (χ0) is 21.0. The van der Waals surface area contributed by atoms with Crippen LogP contribution < -0.4 is 14.8 Å². The van der Waals surface area contributed by atoms with Gasteiger partial charge in [-0.1, -0.05) is 29.8 Å². The number of methoxy groups -OCH3 is 1. The SMILES string of the molecule is COc1ccccc1NS(=O)(=O)c1cc(C(=O)Nc2ccc(C)cn2)ccc1Cl. The Kier molecular flexibility index (Phi) is 6.05. The van der Waals surface area contributed by atoms with Crippen molar-refractivity contribution in [2.75, 3.05) is 17.1 Å². The van der Waals surface area contributed by atoms with E-state index in [4.69, 9.17) is 16.3 Å². The molecule has 0 spiro atoms. The second-order valence-corrected chi connectivity index (χ2v) is 8.18. The average molecular weight is 432 g/mol.